The van der Waals surface area contributed by atoms with Crippen LogP contribution in [0, 0.1) is 38.0 Å². The fraction of sp³-hybridized carbons (Fsp3) is 0.129. The summed E-state index contributed by atoms with van der Waals surface area (Å²) in [6.07, 6.45) is 15.5. The number of nitrogen functional groups attached to an aromatic ring is 2. The maximum absolute atomic E-state index is 13.4. The van der Waals surface area contributed by atoms with Gasteiger partial charge in [-0.3, -0.25) is 19.0 Å². The number of carbonyl (C=O) groups is 2. The number of terminal acetylenes is 1. The van der Waals surface area contributed by atoms with Crippen LogP contribution in [0.15, 0.2) is 159 Å². The van der Waals surface area contributed by atoms with Crippen LogP contribution in [0.3, 0.4) is 0 Å². The highest BCUT2D eigenvalue weighted by Crippen LogP contribution is 2.34. The highest BCUT2D eigenvalue weighted by Gasteiger charge is 2.25. The molecular formula is C62H53ClN16O2. The molecule has 2 unspecified atom stereocenters. The second kappa shape index (κ2) is 23.1. The third kappa shape index (κ3) is 11.4. The lowest BCUT2D eigenvalue weighted by Gasteiger charge is -2.19. The Morgan fingerprint density at radius 3 is 1.51 bits per heavy atom. The topological polar surface area (TPSA) is 232 Å². The van der Waals surface area contributed by atoms with Crippen LogP contribution >= 0.6 is 11.6 Å². The van der Waals surface area contributed by atoms with Crippen LogP contribution in [-0.4, -0.2) is 70.5 Å². The number of fused-ring (bicyclic) bond motifs is 4. The van der Waals surface area contributed by atoms with Crippen molar-refractivity contribution in [1.82, 2.24) is 69.4 Å². The van der Waals surface area contributed by atoms with E-state index in [-0.39, 0.29) is 40.6 Å². The second-order valence-electron chi connectivity index (χ2n) is 19.0. The molecular weight excluding hydrogens is 1040 g/mol. The molecule has 12 rings (SSSR count). The second-order valence-corrected chi connectivity index (χ2v) is 19.4. The Morgan fingerprint density at radius 1 is 0.580 bits per heavy atom. The van der Waals surface area contributed by atoms with Crippen molar-refractivity contribution in [3.05, 3.63) is 214 Å². The summed E-state index contributed by atoms with van der Waals surface area (Å²) in [4.78, 5) is 45.1. The van der Waals surface area contributed by atoms with Gasteiger partial charge < -0.3 is 22.1 Å². The normalized spacial score (nSPS) is 11.6. The molecule has 2 atom stereocenters. The molecule has 4 aromatic carbocycles. The third-order valence-corrected chi connectivity index (χ3v) is 13.5. The smallest absolute Gasteiger partial charge is 0.259 e. The molecule has 0 fully saturated rings. The number of aryl methyl sites for hydroxylation is 4. The van der Waals surface area contributed by atoms with Gasteiger partial charge in [0.05, 0.1) is 67.6 Å². The fourth-order valence-corrected chi connectivity index (χ4v) is 9.57. The van der Waals surface area contributed by atoms with Crippen molar-refractivity contribution < 1.29 is 9.59 Å². The number of rotatable bonds is 8. The van der Waals surface area contributed by atoms with E-state index in [0.717, 1.165) is 78.0 Å². The van der Waals surface area contributed by atoms with Gasteiger partial charge in [0.15, 0.2) is 22.9 Å². The van der Waals surface area contributed by atoms with Crippen LogP contribution in [0.2, 0.25) is 5.02 Å². The van der Waals surface area contributed by atoms with Gasteiger partial charge in [-0.1, -0.05) is 114 Å². The highest BCUT2D eigenvalue weighted by atomic mass is 35.5. The minimum Gasteiger partial charge on any atom is -0.381 e. The van der Waals surface area contributed by atoms with Crippen LogP contribution in [-0.2, 0) is 14.1 Å². The lowest BCUT2D eigenvalue weighted by molar-refractivity contribution is 0.0933. The van der Waals surface area contributed by atoms with Gasteiger partial charge in [0.25, 0.3) is 11.8 Å². The minimum absolute atomic E-state index is 0.121. The number of hydrogen-bond donors (Lipinski definition) is 4. The zero-order chi connectivity index (χ0) is 56.9. The zero-order valence-corrected chi connectivity index (χ0v) is 45.7. The SMILES string of the molecule is C#Cc1cn(C)nc1C.CC(NC(=O)c1c(N)nn2cccnc12)c1cc2cccc(Cl)c2nc1-c1ccccc1.Cc1nn(C)cc1C#Cc1cccc2cc(C(C)NC(=O)c3c(N)nn4cccnc34)c(-c3ccccc3)nc12. The molecule has 0 radical (unpaired) electrons. The van der Waals surface area contributed by atoms with E-state index >= 15 is 0 Å². The van der Waals surface area contributed by atoms with E-state index in [1.54, 1.807) is 46.3 Å². The summed E-state index contributed by atoms with van der Waals surface area (Å²) in [5.74, 6) is 8.61. The van der Waals surface area contributed by atoms with Crippen LogP contribution in [0.25, 0.3) is 55.6 Å². The standard InChI is InChI=1S/C31H26N8O.C24H19ClN6O.C7H8N2/c1-19-24(18-38(3)36-19)14-13-22-11-7-12-23-17-25(28(35-27(22)23)21-9-5-4-6-10-21)20(2)34-31(40)26-29(32)37-39-16-8-15-33-30(26)39;1-14(28-24(32)19-22(26)30-31-12-6-11-27-23(19)31)17-13-16-9-5-10-18(25)21(16)29-20(17)15-7-3-2-4-8-15;1-4-7-5-9(3)8-6(7)2/h4-12,15-18,20H,1-3H3,(H2,32,37)(H,34,40);2-14H,1H3,(H2,26,30)(H,28,32);1,5H,2-3H3. The minimum atomic E-state index is -0.398. The van der Waals surface area contributed by atoms with Gasteiger partial charge in [0.1, 0.15) is 11.1 Å². The Hall–Kier alpha value is -10.7. The van der Waals surface area contributed by atoms with Crippen molar-refractivity contribution in [3.8, 4) is 46.7 Å². The van der Waals surface area contributed by atoms with Crippen molar-refractivity contribution in [2.45, 2.75) is 39.8 Å². The molecule has 0 bridgehead atoms. The summed E-state index contributed by atoms with van der Waals surface area (Å²) in [5.41, 5.74) is 24.4. The van der Waals surface area contributed by atoms with Crippen molar-refractivity contribution >= 4 is 68.2 Å². The Morgan fingerprint density at radius 2 is 1.04 bits per heavy atom. The molecule has 2 amide bonds. The van der Waals surface area contributed by atoms with Crippen LogP contribution < -0.4 is 22.1 Å². The molecule has 12 aromatic rings. The molecule has 8 heterocycles. The van der Waals surface area contributed by atoms with E-state index in [9.17, 15) is 9.59 Å². The summed E-state index contributed by atoms with van der Waals surface area (Å²) in [7, 11) is 3.74. The molecule has 18 nitrogen and oxygen atoms in total. The fourth-order valence-electron chi connectivity index (χ4n) is 9.34. The quantitative estimate of drug-likeness (QED) is 0.104. The van der Waals surface area contributed by atoms with E-state index in [4.69, 9.17) is 39.5 Å². The molecule has 8 aromatic heterocycles. The number of halogens is 1. The summed E-state index contributed by atoms with van der Waals surface area (Å²) >= 11 is 6.41. The highest BCUT2D eigenvalue weighted by molar-refractivity contribution is 6.35. The summed E-state index contributed by atoms with van der Waals surface area (Å²) in [6, 6.07) is 38.1. The molecule has 0 aliphatic carbocycles. The van der Waals surface area contributed by atoms with E-state index in [0.29, 0.717) is 21.8 Å². The Bertz CT molecular complexity index is 4450. The number of nitrogens with zero attached hydrogens (tertiary/aromatic N) is 12. The van der Waals surface area contributed by atoms with Crippen LogP contribution in [0.4, 0.5) is 11.6 Å². The monoisotopic (exact) mass is 1090 g/mol. The average Bonchev–Trinajstić information content (AvgIpc) is 4.24. The van der Waals surface area contributed by atoms with Gasteiger partial charge in [0.2, 0.25) is 0 Å². The first-order valence-corrected chi connectivity index (χ1v) is 26.0. The molecule has 0 saturated carbocycles. The molecule has 81 heavy (non-hydrogen) atoms. The number of carbonyl (C=O) groups excluding carboxylic acids is 2. The lowest BCUT2D eigenvalue weighted by atomic mass is 9.97. The van der Waals surface area contributed by atoms with Gasteiger partial charge >= 0.3 is 0 Å². The molecule has 0 aliphatic heterocycles. The first-order chi connectivity index (χ1) is 39.1. The molecule has 0 spiro atoms. The molecule has 6 N–H and O–H groups in total. The summed E-state index contributed by atoms with van der Waals surface area (Å²) in [6.45, 7) is 7.68. The first-order valence-electron chi connectivity index (χ1n) is 25.6. The largest absolute Gasteiger partial charge is 0.381 e. The molecule has 400 valence electrons. The van der Waals surface area contributed by atoms with E-state index in [2.05, 4.69) is 64.8 Å². The Balaban J connectivity index is 0.000000160. The van der Waals surface area contributed by atoms with Crippen molar-refractivity contribution in [2.75, 3.05) is 11.5 Å². The number of pyridine rings is 2. The van der Waals surface area contributed by atoms with Crippen molar-refractivity contribution in [3.63, 3.8) is 0 Å². The number of nitrogens with two attached hydrogens (primary N) is 2. The molecule has 0 aliphatic rings. The van der Waals surface area contributed by atoms with Crippen molar-refractivity contribution in [1.29, 1.82) is 0 Å². The van der Waals surface area contributed by atoms with Gasteiger partial charge in [-0.25, -0.2) is 29.0 Å². The number of amides is 2. The van der Waals surface area contributed by atoms with Gasteiger partial charge in [-0.2, -0.15) is 10.2 Å². The first kappa shape index (κ1) is 53.7. The van der Waals surface area contributed by atoms with Crippen LogP contribution in [0.1, 0.15) is 85.9 Å². The summed E-state index contributed by atoms with van der Waals surface area (Å²) < 4.78 is 6.46. The van der Waals surface area contributed by atoms with Gasteiger partial charge in [-0.15, -0.1) is 16.6 Å². The molecule has 0 saturated heterocycles. The lowest BCUT2D eigenvalue weighted by Crippen LogP contribution is -2.28. The van der Waals surface area contributed by atoms with Gasteiger partial charge in [-0.05, 0) is 64.1 Å². The zero-order valence-electron chi connectivity index (χ0n) is 45.0. The predicted octanol–water partition coefficient (Wildman–Crippen LogP) is 9.84. The molecule has 19 heteroatoms. The number of anilines is 2. The number of hydrogen-bond acceptors (Lipinski definition) is 12. The third-order valence-electron chi connectivity index (χ3n) is 13.2. The maximum Gasteiger partial charge on any atom is 0.259 e. The number of benzene rings is 4. The number of aromatic nitrogens is 12. The number of para-hydroxylation sites is 2. The van der Waals surface area contributed by atoms with Gasteiger partial charge in [0, 0.05) is 84.3 Å². The number of nitrogens with one attached hydrogen (secondary N) is 2. The average molecular weight is 1090 g/mol. The Kier molecular flexibility index (Phi) is 15.3. The van der Waals surface area contributed by atoms with E-state index in [1.165, 1.54) is 9.03 Å². The predicted molar refractivity (Wildman–Crippen MR) is 316 cm³/mol. The van der Waals surface area contributed by atoms with E-state index < -0.39 is 6.04 Å². The van der Waals surface area contributed by atoms with E-state index in [1.807, 2.05) is 157 Å². The van der Waals surface area contributed by atoms with Crippen LogP contribution in [0.5, 0.6) is 0 Å². The summed E-state index contributed by atoms with van der Waals surface area (Å²) in [5, 5.41) is 25.3. The Labute approximate surface area is 470 Å². The van der Waals surface area contributed by atoms with Crippen molar-refractivity contribution in [2.24, 2.45) is 14.1 Å². The maximum atomic E-state index is 13.4.